The molecular weight excluding hydrogens is 336 g/mol. The van der Waals surface area contributed by atoms with Gasteiger partial charge in [-0.25, -0.2) is 0 Å². The third-order valence-electron chi connectivity index (χ3n) is 5.71. The van der Waals surface area contributed by atoms with Gasteiger partial charge in [0.25, 0.3) is 0 Å². The van der Waals surface area contributed by atoms with Crippen LogP contribution in [0.1, 0.15) is 23.3 Å². The van der Waals surface area contributed by atoms with Gasteiger partial charge in [-0.05, 0) is 35.4 Å². The van der Waals surface area contributed by atoms with Crippen LogP contribution in [0.25, 0.3) is 0 Å². The van der Waals surface area contributed by atoms with Crippen molar-refractivity contribution >= 4 is 0 Å². The first-order chi connectivity index (χ1) is 12.9. The van der Waals surface area contributed by atoms with Crippen molar-refractivity contribution in [2.24, 2.45) is 11.8 Å². The Bertz CT molecular complexity index is 794. The zero-order chi connectivity index (χ0) is 17.1. The summed E-state index contributed by atoms with van der Waals surface area (Å²) in [6.45, 7) is 1.93. The molecule has 4 heterocycles. The highest BCUT2D eigenvalue weighted by Gasteiger charge is 2.48. The fourth-order valence-electron chi connectivity index (χ4n) is 4.41. The molecule has 4 aliphatic rings. The molecule has 26 heavy (non-hydrogen) atoms. The van der Waals surface area contributed by atoms with E-state index in [9.17, 15) is 0 Å². The summed E-state index contributed by atoms with van der Waals surface area (Å²) in [7, 11) is 0. The lowest BCUT2D eigenvalue weighted by Gasteiger charge is -2.17. The maximum atomic E-state index is 6.18. The maximum Gasteiger partial charge on any atom is 0.231 e. The Morgan fingerprint density at radius 3 is 1.54 bits per heavy atom. The summed E-state index contributed by atoms with van der Waals surface area (Å²) in [5, 5.41) is 0. The van der Waals surface area contributed by atoms with Crippen LogP contribution in [-0.4, -0.2) is 26.8 Å². The van der Waals surface area contributed by atoms with E-state index >= 15 is 0 Å². The Kier molecular flexibility index (Phi) is 3.12. The summed E-state index contributed by atoms with van der Waals surface area (Å²) in [5.74, 6) is 3.83. The van der Waals surface area contributed by atoms with Crippen LogP contribution in [0.5, 0.6) is 23.0 Å². The predicted molar refractivity (Wildman–Crippen MR) is 89.5 cm³/mol. The molecule has 0 bridgehead atoms. The molecule has 6 rings (SSSR count). The fraction of sp³-hybridized carbons (Fsp3) is 0.400. The lowest BCUT2D eigenvalue weighted by molar-refractivity contribution is 0.0192. The van der Waals surface area contributed by atoms with Crippen LogP contribution in [0.15, 0.2) is 36.4 Å². The lowest BCUT2D eigenvalue weighted by Crippen LogP contribution is -2.14. The summed E-state index contributed by atoms with van der Waals surface area (Å²) in [6, 6.07) is 12.1. The van der Waals surface area contributed by atoms with E-state index in [4.69, 9.17) is 28.4 Å². The molecule has 2 aromatic rings. The molecule has 6 heteroatoms. The molecule has 0 aromatic heterocycles. The SMILES string of the molecule is c1cc2c(cc1[C@@H]1OC[C@H]3[C@H]1CO[C@H]3c1ccc3c(c1)OCO3)OCO2. The van der Waals surface area contributed by atoms with Crippen LogP contribution in [0, 0.1) is 11.8 Å². The van der Waals surface area contributed by atoms with Gasteiger partial charge in [-0.2, -0.15) is 0 Å². The fourth-order valence-corrected chi connectivity index (χ4v) is 4.41. The second kappa shape index (κ2) is 5.53. The van der Waals surface area contributed by atoms with Crippen LogP contribution in [0.3, 0.4) is 0 Å². The van der Waals surface area contributed by atoms with Crippen molar-refractivity contribution in [3.05, 3.63) is 47.5 Å². The summed E-state index contributed by atoms with van der Waals surface area (Å²) in [5.41, 5.74) is 2.24. The van der Waals surface area contributed by atoms with Crippen LogP contribution in [-0.2, 0) is 9.47 Å². The highest BCUT2D eigenvalue weighted by Crippen LogP contribution is 2.52. The van der Waals surface area contributed by atoms with Gasteiger partial charge < -0.3 is 28.4 Å². The van der Waals surface area contributed by atoms with Gasteiger partial charge in [0.05, 0.1) is 25.4 Å². The van der Waals surface area contributed by atoms with E-state index in [2.05, 4.69) is 12.1 Å². The zero-order valence-electron chi connectivity index (χ0n) is 14.1. The molecule has 0 saturated carbocycles. The maximum absolute atomic E-state index is 6.18. The molecular formula is C20H18O6. The van der Waals surface area contributed by atoms with Crippen molar-refractivity contribution in [2.45, 2.75) is 12.2 Å². The Labute approximate surface area is 150 Å². The molecule has 0 unspecified atom stereocenters. The number of rotatable bonds is 2. The van der Waals surface area contributed by atoms with Gasteiger partial charge in [0, 0.05) is 11.8 Å². The van der Waals surface area contributed by atoms with E-state index in [-0.39, 0.29) is 25.8 Å². The number of hydrogen-bond acceptors (Lipinski definition) is 6. The quantitative estimate of drug-likeness (QED) is 0.825. The number of benzene rings is 2. The van der Waals surface area contributed by atoms with Crippen LogP contribution < -0.4 is 18.9 Å². The predicted octanol–water partition coefficient (Wildman–Crippen LogP) is 3.22. The average Bonchev–Trinajstić information content (AvgIpc) is 3.42. The van der Waals surface area contributed by atoms with Gasteiger partial charge in [0.2, 0.25) is 13.6 Å². The van der Waals surface area contributed by atoms with Gasteiger partial charge in [-0.3, -0.25) is 0 Å². The Morgan fingerprint density at radius 1 is 0.577 bits per heavy atom. The highest BCUT2D eigenvalue weighted by molar-refractivity contribution is 5.46. The van der Waals surface area contributed by atoms with E-state index in [0.29, 0.717) is 25.0 Å². The molecule has 0 aliphatic carbocycles. The third kappa shape index (κ3) is 2.12. The lowest BCUT2D eigenvalue weighted by atomic mass is 9.85. The van der Waals surface area contributed by atoms with Crippen molar-refractivity contribution < 1.29 is 28.4 Å². The highest BCUT2D eigenvalue weighted by atomic mass is 16.7. The minimum atomic E-state index is 0.0218. The van der Waals surface area contributed by atoms with Crippen molar-refractivity contribution in [3.8, 4) is 23.0 Å². The molecule has 134 valence electrons. The summed E-state index contributed by atoms with van der Waals surface area (Å²) in [6.07, 6.45) is 0.0435. The van der Waals surface area contributed by atoms with E-state index in [0.717, 1.165) is 34.1 Å². The Morgan fingerprint density at radius 2 is 1.04 bits per heavy atom. The first kappa shape index (κ1) is 14.7. The minimum absolute atomic E-state index is 0.0218. The Balaban J connectivity index is 1.27. The summed E-state index contributed by atoms with van der Waals surface area (Å²) >= 11 is 0. The van der Waals surface area contributed by atoms with Crippen molar-refractivity contribution in [1.29, 1.82) is 0 Å². The largest absolute Gasteiger partial charge is 0.454 e. The first-order valence-electron chi connectivity index (χ1n) is 8.89. The monoisotopic (exact) mass is 354 g/mol. The molecule has 6 nitrogen and oxygen atoms in total. The summed E-state index contributed by atoms with van der Waals surface area (Å²) < 4.78 is 34.2. The van der Waals surface area contributed by atoms with E-state index in [1.807, 2.05) is 24.3 Å². The van der Waals surface area contributed by atoms with E-state index < -0.39 is 0 Å². The van der Waals surface area contributed by atoms with Crippen LogP contribution in [0.4, 0.5) is 0 Å². The van der Waals surface area contributed by atoms with E-state index in [1.165, 1.54) is 0 Å². The number of hydrogen-bond donors (Lipinski definition) is 0. The normalized spacial score (nSPS) is 30.6. The molecule has 0 amide bonds. The van der Waals surface area contributed by atoms with Gasteiger partial charge >= 0.3 is 0 Å². The summed E-state index contributed by atoms with van der Waals surface area (Å²) in [4.78, 5) is 0. The number of fused-ring (bicyclic) bond motifs is 3. The smallest absolute Gasteiger partial charge is 0.231 e. The van der Waals surface area contributed by atoms with Crippen molar-refractivity contribution in [1.82, 2.24) is 0 Å². The topological polar surface area (TPSA) is 55.4 Å². The molecule has 4 aliphatic heterocycles. The van der Waals surface area contributed by atoms with Crippen LogP contribution >= 0.6 is 0 Å². The molecule has 4 atom stereocenters. The van der Waals surface area contributed by atoms with Gasteiger partial charge in [-0.1, -0.05) is 12.1 Å². The number of ether oxygens (including phenoxy) is 6. The molecule has 2 fully saturated rings. The zero-order valence-corrected chi connectivity index (χ0v) is 14.1. The first-order valence-corrected chi connectivity index (χ1v) is 8.89. The second-order valence-corrected chi connectivity index (χ2v) is 7.06. The van der Waals surface area contributed by atoms with Gasteiger partial charge in [0.15, 0.2) is 23.0 Å². The molecule has 2 saturated heterocycles. The molecule has 0 N–H and O–H groups in total. The average molecular weight is 354 g/mol. The minimum Gasteiger partial charge on any atom is -0.454 e. The third-order valence-corrected chi connectivity index (χ3v) is 5.71. The molecule has 0 radical (unpaired) electrons. The molecule has 2 aromatic carbocycles. The van der Waals surface area contributed by atoms with Gasteiger partial charge in [-0.15, -0.1) is 0 Å². The van der Waals surface area contributed by atoms with Crippen molar-refractivity contribution in [2.75, 3.05) is 26.8 Å². The van der Waals surface area contributed by atoms with Crippen LogP contribution in [0.2, 0.25) is 0 Å². The van der Waals surface area contributed by atoms with E-state index in [1.54, 1.807) is 0 Å². The van der Waals surface area contributed by atoms with Gasteiger partial charge in [0.1, 0.15) is 0 Å². The second-order valence-electron chi connectivity index (χ2n) is 7.06. The molecule has 0 spiro atoms. The Hall–Kier alpha value is -2.44. The van der Waals surface area contributed by atoms with Crippen molar-refractivity contribution in [3.63, 3.8) is 0 Å². The standard InChI is InChI=1S/C20H18O6/c1-3-15-17(25-9-23-15)5-11(1)19-13-7-22-20(14(13)8-21-19)12-2-4-16-18(6-12)26-10-24-16/h1-6,13-14,19-20H,7-10H2/t13-,14+,19-,20-/m0/s1.